The summed E-state index contributed by atoms with van der Waals surface area (Å²) in [4.78, 5) is 16.4. The first-order valence-electron chi connectivity index (χ1n) is 9.19. The van der Waals surface area contributed by atoms with E-state index in [4.69, 9.17) is 4.74 Å². The molecule has 0 spiro atoms. The van der Waals surface area contributed by atoms with Gasteiger partial charge in [0.05, 0.1) is 12.8 Å². The van der Waals surface area contributed by atoms with Gasteiger partial charge in [-0.3, -0.25) is 0 Å². The summed E-state index contributed by atoms with van der Waals surface area (Å²) in [5.74, 6) is 1.59. The van der Waals surface area contributed by atoms with Crippen LogP contribution in [0.5, 0.6) is 5.75 Å². The topological polar surface area (TPSA) is 81.1 Å². The van der Waals surface area contributed by atoms with Gasteiger partial charge in [0, 0.05) is 25.0 Å². The van der Waals surface area contributed by atoms with Gasteiger partial charge in [-0.2, -0.15) is 5.10 Å². The smallest absolute Gasteiger partial charge is 0.315 e. The molecule has 7 heteroatoms. The molecule has 0 atom stereocenters. The number of urea groups is 1. The van der Waals surface area contributed by atoms with Crippen molar-refractivity contribution in [2.75, 3.05) is 13.7 Å². The number of carbonyl (C=O) groups is 1. The van der Waals surface area contributed by atoms with Gasteiger partial charge >= 0.3 is 6.03 Å². The second kappa shape index (κ2) is 9.03. The fourth-order valence-corrected chi connectivity index (χ4v) is 3.03. The van der Waals surface area contributed by atoms with Gasteiger partial charge in [-0.15, -0.1) is 0 Å². The third-order valence-electron chi connectivity index (χ3n) is 4.58. The summed E-state index contributed by atoms with van der Waals surface area (Å²) >= 11 is 0. The minimum absolute atomic E-state index is 0.191. The summed E-state index contributed by atoms with van der Waals surface area (Å²) < 4.78 is 6.97. The lowest BCUT2D eigenvalue weighted by Gasteiger charge is -2.09. The molecule has 0 unspecified atom stereocenters. The Morgan fingerprint density at radius 1 is 1.11 bits per heavy atom. The molecule has 1 aromatic carbocycles. The number of rotatable bonds is 7. The van der Waals surface area contributed by atoms with Gasteiger partial charge in [0.2, 0.25) is 0 Å². The van der Waals surface area contributed by atoms with Crippen molar-refractivity contribution in [3.63, 3.8) is 0 Å². The third-order valence-corrected chi connectivity index (χ3v) is 4.58. The van der Waals surface area contributed by atoms with E-state index in [2.05, 4.69) is 20.7 Å². The van der Waals surface area contributed by atoms with Gasteiger partial charge in [-0.05, 0) is 55.7 Å². The lowest BCUT2D eigenvalue weighted by Crippen LogP contribution is -2.36. The van der Waals surface area contributed by atoms with Crippen LogP contribution in [0.2, 0.25) is 0 Å². The van der Waals surface area contributed by atoms with Crippen LogP contribution in [0.1, 0.15) is 22.5 Å². The summed E-state index contributed by atoms with van der Waals surface area (Å²) in [6.45, 7) is 4.99. The molecule has 0 aliphatic heterocycles. The van der Waals surface area contributed by atoms with Crippen molar-refractivity contribution < 1.29 is 9.53 Å². The van der Waals surface area contributed by atoms with Crippen LogP contribution in [-0.4, -0.2) is 34.5 Å². The maximum atomic E-state index is 12.0. The molecule has 0 saturated heterocycles. The fraction of sp³-hybridized carbons (Fsp3) is 0.286. The molecule has 0 aliphatic carbocycles. The van der Waals surface area contributed by atoms with E-state index in [0.717, 1.165) is 34.1 Å². The van der Waals surface area contributed by atoms with Gasteiger partial charge < -0.3 is 15.4 Å². The Morgan fingerprint density at radius 2 is 1.89 bits per heavy atom. The zero-order chi connectivity index (χ0) is 19.9. The van der Waals surface area contributed by atoms with Gasteiger partial charge in [0.15, 0.2) is 5.82 Å². The van der Waals surface area contributed by atoms with E-state index in [1.807, 2.05) is 61.0 Å². The van der Waals surface area contributed by atoms with E-state index in [9.17, 15) is 4.79 Å². The third kappa shape index (κ3) is 4.68. The van der Waals surface area contributed by atoms with E-state index in [0.29, 0.717) is 19.5 Å². The molecule has 2 N–H and O–H groups in total. The maximum Gasteiger partial charge on any atom is 0.315 e. The van der Waals surface area contributed by atoms with Crippen LogP contribution in [0.25, 0.3) is 5.82 Å². The van der Waals surface area contributed by atoms with Gasteiger partial charge in [-0.1, -0.05) is 18.2 Å². The predicted molar refractivity (Wildman–Crippen MR) is 108 cm³/mol. The Labute approximate surface area is 164 Å². The number of methoxy groups -OCH3 is 1. The van der Waals surface area contributed by atoms with Gasteiger partial charge in [0.1, 0.15) is 5.75 Å². The Bertz CT molecular complexity index is 920. The van der Waals surface area contributed by atoms with Crippen molar-refractivity contribution in [3.8, 4) is 11.6 Å². The molecule has 2 amide bonds. The lowest BCUT2D eigenvalue weighted by molar-refractivity contribution is 0.240. The molecule has 0 bridgehead atoms. The molecule has 3 rings (SSSR count). The van der Waals surface area contributed by atoms with E-state index in [1.165, 1.54) is 0 Å². The highest BCUT2D eigenvalue weighted by molar-refractivity contribution is 5.73. The van der Waals surface area contributed by atoms with Crippen LogP contribution < -0.4 is 15.4 Å². The normalized spacial score (nSPS) is 10.5. The Balaban J connectivity index is 1.50. The number of amides is 2. The van der Waals surface area contributed by atoms with E-state index in [1.54, 1.807) is 13.3 Å². The van der Waals surface area contributed by atoms with E-state index in [-0.39, 0.29) is 6.03 Å². The summed E-state index contributed by atoms with van der Waals surface area (Å²) in [5, 5.41) is 10.3. The summed E-state index contributed by atoms with van der Waals surface area (Å²) in [6, 6.07) is 13.2. The number of hydrogen-bond donors (Lipinski definition) is 2. The molecule has 3 aromatic rings. The maximum absolute atomic E-state index is 12.0. The minimum atomic E-state index is -0.191. The number of pyridine rings is 1. The number of benzene rings is 1. The van der Waals surface area contributed by atoms with E-state index >= 15 is 0 Å². The second-order valence-electron chi connectivity index (χ2n) is 6.46. The first-order valence-corrected chi connectivity index (χ1v) is 9.19. The lowest BCUT2D eigenvalue weighted by atomic mass is 10.1. The van der Waals surface area contributed by atoms with Crippen molar-refractivity contribution in [2.24, 2.45) is 0 Å². The molecular formula is C21H25N5O2. The summed E-state index contributed by atoms with van der Waals surface area (Å²) in [5.41, 5.74) is 4.13. The van der Waals surface area contributed by atoms with Crippen LogP contribution in [0.3, 0.4) is 0 Å². The van der Waals surface area contributed by atoms with Crippen LogP contribution in [-0.2, 0) is 13.0 Å². The SMILES string of the molecule is COc1ccc(CNC(=O)NCCc2c(C)nn(-c3ccccn3)c2C)cc1. The highest BCUT2D eigenvalue weighted by Crippen LogP contribution is 2.16. The Kier molecular flexibility index (Phi) is 6.26. The highest BCUT2D eigenvalue weighted by Gasteiger charge is 2.13. The second-order valence-corrected chi connectivity index (χ2v) is 6.46. The van der Waals surface area contributed by atoms with Crippen LogP contribution in [0.15, 0.2) is 48.7 Å². The molecule has 7 nitrogen and oxygen atoms in total. The number of carbonyl (C=O) groups excluding carboxylic acids is 1. The molecule has 0 fully saturated rings. The number of ether oxygens (including phenoxy) is 1. The first-order chi connectivity index (χ1) is 13.6. The Morgan fingerprint density at radius 3 is 2.57 bits per heavy atom. The summed E-state index contributed by atoms with van der Waals surface area (Å²) in [6.07, 6.45) is 2.46. The average Bonchev–Trinajstić information content (AvgIpc) is 3.01. The van der Waals surface area contributed by atoms with Gasteiger partial charge in [0.25, 0.3) is 0 Å². The number of nitrogens with one attached hydrogen (secondary N) is 2. The molecule has 2 heterocycles. The van der Waals surface area contributed by atoms with Crippen LogP contribution in [0, 0.1) is 13.8 Å². The van der Waals surface area contributed by atoms with Crippen molar-refractivity contribution in [2.45, 2.75) is 26.8 Å². The molecule has 28 heavy (non-hydrogen) atoms. The minimum Gasteiger partial charge on any atom is -0.497 e. The molecule has 2 aromatic heterocycles. The highest BCUT2D eigenvalue weighted by atomic mass is 16.5. The standard InChI is InChI=1S/C21H25N5O2/c1-15-19(16(2)26(25-15)20-6-4-5-12-22-20)11-13-23-21(27)24-14-17-7-9-18(28-3)10-8-17/h4-10,12H,11,13-14H2,1-3H3,(H2,23,24,27). The molecule has 146 valence electrons. The molecular weight excluding hydrogens is 354 g/mol. The zero-order valence-electron chi connectivity index (χ0n) is 16.4. The predicted octanol–water partition coefficient (Wildman–Crippen LogP) is 2.93. The quantitative estimate of drug-likeness (QED) is 0.661. The van der Waals surface area contributed by atoms with Crippen molar-refractivity contribution in [1.29, 1.82) is 0 Å². The average molecular weight is 379 g/mol. The van der Waals surface area contributed by atoms with Crippen molar-refractivity contribution in [3.05, 3.63) is 71.2 Å². The Hall–Kier alpha value is -3.35. The van der Waals surface area contributed by atoms with Gasteiger partial charge in [-0.25, -0.2) is 14.5 Å². The zero-order valence-corrected chi connectivity index (χ0v) is 16.4. The molecule has 0 aliphatic rings. The van der Waals surface area contributed by atoms with Crippen LogP contribution in [0.4, 0.5) is 4.79 Å². The molecule has 0 radical (unpaired) electrons. The van der Waals surface area contributed by atoms with Crippen molar-refractivity contribution in [1.82, 2.24) is 25.4 Å². The number of aryl methyl sites for hydroxylation is 1. The summed E-state index contributed by atoms with van der Waals surface area (Å²) in [7, 11) is 1.63. The molecule has 0 saturated carbocycles. The fourth-order valence-electron chi connectivity index (χ4n) is 3.03. The number of hydrogen-bond acceptors (Lipinski definition) is 4. The number of aromatic nitrogens is 3. The number of nitrogens with zero attached hydrogens (tertiary/aromatic N) is 3. The first kappa shape index (κ1) is 19.4. The van der Waals surface area contributed by atoms with E-state index < -0.39 is 0 Å². The largest absolute Gasteiger partial charge is 0.497 e. The monoisotopic (exact) mass is 379 g/mol. The van der Waals surface area contributed by atoms with Crippen LogP contribution >= 0.6 is 0 Å². The van der Waals surface area contributed by atoms with Crippen molar-refractivity contribution >= 4 is 6.03 Å².